The van der Waals surface area contributed by atoms with Gasteiger partial charge in [0.05, 0.1) is 10.6 Å². The number of nitrogens with zero attached hydrogens (tertiary/aromatic N) is 1. The molecule has 0 saturated carbocycles. The molecule has 0 atom stereocenters. The van der Waals surface area contributed by atoms with Crippen LogP contribution in [0.15, 0.2) is 59.5 Å². The van der Waals surface area contributed by atoms with Gasteiger partial charge in [-0.3, -0.25) is 9.10 Å². The normalized spacial score (nSPS) is 11.1. The fraction of sp³-hybridized carbons (Fsp3) is 0.381. The van der Waals surface area contributed by atoms with Crippen molar-refractivity contribution < 1.29 is 17.9 Å². The number of anilines is 1. The van der Waals surface area contributed by atoms with Crippen molar-refractivity contribution in [3.63, 3.8) is 0 Å². The zero-order valence-corrected chi connectivity index (χ0v) is 17.2. The van der Waals surface area contributed by atoms with E-state index in [0.717, 1.165) is 19.3 Å². The first-order valence-electron chi connectivity index (χ1n) is 9.56. The van der Waals surface area contributed by atoms with Gasteiger partial charge in [-0.15, -0.1) is 0 Å². The summed E-state index contributed by atoms with van der Waals surface area (Å²) in [5.74, 6) is 0.350. The van der Waals surface area contributed by atoms with Gasteiger partial charge in [0.15, 0.2) is 6.61 Å². The Morgan fingerprint density at radius 1 is 1.00 bits per heavy atom. The molecule has 0 spiro atoms. The Labute approximate surface area is 167 Å². The summed E-state index contributed by atoms with van der Waals surface area (Å²) in [6.07, 6.45) is 3.15. The number of sulfonamides is 1. The van der Waals surface area contributed by atoms with Gasteiger partial charge in [0, 0.05) is 13.1 Å². The van der Waals surface area contributed by atoms with E-state index in [1.807, 2.05) is 0 Å². The van der Waals surface area contributed by atoms with E-state index in [-0.39, 0.29) is 17.4 Å². The number of hydrogen-bond acceptors (Lipinski definition) is 4. The Hall–Kier alpha value is -2.54. The molecule has 2 aromatic rings. The van der Waals surface area contributed by atoms with Crippen molar-refractivity contribution in [1.29, 1.82) is 0 Å². The maximum absolute atomic E-state index is 12.9. The lowest BCUT2D eigenvalue weighted by molar-refractivity contribution is -0.123. The van der Waals surface area contributed by atoms with Gasteiger partial charge in [0.2, 0.25) is 0 Å². The number of benzene rings is 2. The first kappa shape index (κ1) is 21.8. The molecule has 0 aromatic heterocycles. The largest absolute Gasteiger partial charge is 0.484 e. The van der Waals surface area contributed by atoms with Crippen LogP contribution in [0.25, 0.3) is 0 Å². The van der Waals surface area contributed by atoms with Crippen molar-refractivity contribution in [1.82, 2.24) is 5.32 Å². The zero-order valence-electron chi connectivity index (χ0n) is 16.4. The number of carbonyl (C=O) groups excluding carboxylic acids is 1. The SMILES string of the molecule is CCCCCNC(=O)COc1ccc(N(CC)S(=O)(=O)c2ccccc2)cc1. The van der Waals surface area contributed by atoms with E-state index < -0.39 is 10.0 Å². The molecule has 7 heteroatoms. The van der Waals surface area contributed by atoms with Crippen LogP contribution in [0.1, 0.15) is 33.1 Å². The zero-order chi connectivity index (χ0) is 20.4. The summed E-state index contributed by atoms with van der Waals surface area (Å²) in [6.45, 7) is 4.79. The van der Waals surface area contributed by atoms with Gasteiger partial charge < -0.3 is 10.1 Å². The number of hydrogen-bond donors (Lipinski definition) is 1. The smallest absolute Gasteiger partial charge is 0.264 e. The minimum absolute atomic E-state index is 0.0642. The predicted octanol–water partition coefficient (Wildman–Crippen LogP) is 3.59. The monoisotopic (exact) mass is 404 g/mol. The number of nitrogens with one attached hydrogen (secondary N) is 1. The number of carbonyl (C=O) groups is 1. The van der Waals surface area contributed by atoms with E-state index in [4.69, 9.17) is 4.74 Å². The summed E-state index contributed by atoms with van der Waals surface area (Å²) < 4.78 is 32.5. The van der Waals surface area contributed by atoms with Gasteiger partial charge in [-0.1, -0.05) is 38.0 Å². The molecular formula is C21H28N2O4S. The maximum atomic E-state index is 12.9. The lowest BCUT2D eigenvalue weighted by atomic mass is 10.2. The van der Waals surface area contributed by atoms with Gasteiger partial charge >= 0.3 is 0 Å². The number of rotatable bonds is 11. The van der Waals surface area contributed by atoms with E-state index in [0.29, 0.717) is 24.5 Å². The Morgan fingerprint density at radius 2 is 1.68 bits per heavy atom. The van der Waals surface area contributed by atoms with Crippen LogP contribution in [-0.2, 0) is 14.8 Å². The maximum Gasteiger partial charge on any atom is 0.264 e. The first-order valence-corrected chi connectivity index (χ1v) is 11.0. The van der Waals surface area contributed by atoms with Crippen LogP contribution < -0.4 is 14.4 Å². The van der Waals surface area contributed by atoms with Crippen LogP contribution in [-0.4, -0.2) is 34.0 Å². The van der Waals surface area contributed by atoms with Gasteiger partial charge in [-0.25, -0.2) is 8.42 Å². The molecular weight excluding hydrogens is 376 g/mol. The van der Waals surface area contributed by atoms with Gasteiger partial charge in [0.25, 0.3) is 15.9 Å². The Kier molecular flexibility index (Phi) is 8.32. The van der Waals surface area contributed by atoms with E-state index in [1.165, 1.54) is 4.31 Å². The summed E-state index contributed by atoms with van der Waals surface area (Å²) in [4.78, 5) is 12.0. The number of unbranched alkanes of at least 4 members (excludes halogenated alkanes) is 2. The fourth-order valence-electron chi connectivity index (χ4n) is 2.72. The summed E-state index contributed by atoms with van der Waals surface area (Å²) >= 11 is 0. The average Bonchev–Trinajstić information content (AvgIpc) is 2.71. The third-order valence-electron chi connectivity index (χ3n) is 4.22. The van der Waals surface area contributed by atoms with Crippen molar-refractivity contribution in [2.75, 3.05) is 24.0 Å². The van der Waals surface area contributed by atoms with Crippen LogP contribution in [0.5, 0.6) is 5.75 Å². The number of amides is 1. The van der Waals surface area contributed by atoms with E-state index in [9.17, 15) is 13.2 Å². The predicted molar refractivity (Wildman–Crippen MR) is 111 cm³/mol. The van der Waals surface area contributed by atoms with Gasteiger partial charge in [-0.2, -0.15) is 0 Å². The van der Waals surface area contributed by atoms with Crippen molar-refractivity contribution in [2.24, 2.45) is 0 Å². The van der Waals surface area contributed by atoms with E-state index in [2.05, 4.69) is 12.2 Å². The van der Waals surface area contributed by atoms with Gasteiger partial charge in [0.1, 0.15) is 5.75 Å². The molecule has 0 aliphatic rings. The van der Waals surface area contributed by atoms with Crippen molar-refractivity contribution in [3.8, 4) is 5.75 Å². The highest BCUT2D eigenvalue weighted by atomic mass is 32.2. The van der Waals surface area contributed by atoms with Crippen LogP contribution in [0.4, 0.5) is 5.69 Å². The molecule has 0 bridgehead atoms. The molecule has 0 fully saturated rings. The Morgan fingerprint density at radius 3 is 2.29 bits per heavy atom. The highest BCUT2D eigenvalue weighted by Gasteiger charge is 2.23. The minimum Gasteiger partial charge on any atom is -0.484 e. The molecule has 0 radical (unpaired) electrons. The Bertz CT molecular complexity index is 836. The van der Waals surface area contributed by atoms with Crippen molar-refractivity contribution >= 4 is 21.6 Å². The van der Waals surface area contributed by atoms with Crippen LogP contribution in [0.2, 0.25) is 0 Å². The molecule has 0 aliphatic heterocycles. The molecule has 6 nitrogen and oxygen atoms in total. The minimum atomic E-state index is -3.63. The van der Waals surface area contributed by atoms with Gasteiger partial charge in [-0.05, 0) is 49.7 Å². The third kappa shape index (κ3) is 5.99. The molecule has 0 unspecified atom stereocenters. The van der Waals surface area contributed by atoms with E-state index >= 15 is 0 Å². The summed E-state index contributed by atoms with van der Waals surface area (Å²) in [5.41, 5.74) is 0.544. The lowest BCUT2D eigenvalue weighted by Gasteiger charge is -2.23. The lowest BCUT2D eigenvalue weighted by Crippen LogP contribution is -2.30. The van der Waals surface area contributed by atoms with Crippen LogP contribution in [0.3, 0.4) is 0 Å². The number of ether oxygens (including phenoxy) is 1. The second kappa shape index (κ2) is 10.7. The fourth-order valence-corrected chi connectivity index (χ4v) is 4.22. The highest BCUT2D eigenvalue weighted by Crippen LogP contribution is 2.25. The second-order valence-electron chi connectivity index (χ2n) is 6.32. The Balaban J connectivity index is 1.98. The quantitative estimate of drug-likeness (QED) is 0.581. The molecule has 28 heavy (non-hydrogen) atoms. The molecule has 1 N–H and O–H groups in total. The molecule has 0 aliphatic carbocycles. The molecule has 2 rings (SSSR count). The average molecular weight is 405 g/mol. The molecule has 0 heterocycles. The summed E-state index contributed by atoms with van der Waals surface area (Å²) in [5, 5.41) is 2.81. The molecule has 152 valence electrons. The van der Waals surface area contributed by atoms with Crippen molar-refractivity contribution in [3.05, 3.63) is 54.6 Å². The topological polar surface area (TPSA) is 75.7 Å². The molecule has 2 aromatic carbocycles. The second-order valence-corrected chi connectivity index (χ2v) is 8.18. The molecule has 0 saturated heterocycles. The first-order chi connectivity index (χ1) is 13.5. The van der Waals surface area contributed by atoms with Crippen LogP contribution >= 0.6 is 0 Å². The third-order valence-corrected chi connectivity index (χ3v) is 6.13. The summed E-state index contributed by atoms with van der Waals surface area (Å²) in [6, 6.07) is 15.0. The standard InChI is InChI=1S/C21H28N2O4S/c1-3-5-9-16-22-21(24)17-27-19-14-12-18(13-15-19)23(4-2)28(25,26)20-10-7-6-8-11-20/h6-8,10-15H,3-5,9,16-17H2,1-2H3,(H,22,24). The molecule has 1 amide bonds. The summed E-state index contributed by atoms with van der Waals surface area (Å²) in [7, 11) is -3.63. The van der Waals surface area contributed by atoms with Crippen molar-refractivity contribution in [2.45, 2.75) is 38.0 Å². The van der Waals surface area contributed by atoms with E-state index in [1.54, 1.807) is 61.5 Å². The van der Waals surface area contributed by atoms with Crippen LogP contribution in [0, 0.1) is 0 Å². The highest BCUT2D eigenvalue weighted by molar-refractivity contribution is 7.92.